The first kappa shape index (κ1) is 23.3. The molecular weight excluding hydrogens is 462 g/mol. The van der Waals surface area contributed by atoms with Crippen LogP contribution in [0, 0.1) is 0 Å². The molecule has 0 spiro atoms. The van der Waals surface area contributed by atoms with E-state index in [4.69, 9.17) is 0 Å². The fourth-order valence-electron chi connectivity index (χ4n) is 4.80. The Kier molecular flexibility index (Phi) is 5.79. The summed E-state index contributed by atoms with van der Waals surface area (Å²) in [6.45, 7) is 4.27. The number of anilines is 1. The highest BCUT2D eigenvalue weighted by Gasteiger charge is 2.38. The summed E-state index contributed by atoms with van der Waals surface area (Å²) in [6, 6.07) is 12.3. The smallest absolute Gasteiger partial charge is 0.329 e. The number of hydrogen-bond donors (Lipinski definition) is 2. The van der Waals surface area contributed by atoms with Gasteiger partial charge in [-0.2, -0.15) is 0 Å². The van der Waals surface area contributed by atoms with Crippen molar-refractivity contribution in [2.45, 2.75) is 25.9 Å². The van der Waals surface area contributed by atoms with Gasteiger partial charge in [0, 0.05) is 42.8 Å². The number of carbonyl (C=O) groups excluding carboxylic acids is 5. The van der Waals surface area contributed by atoms with Crippen LogP contribution >= 0.6 is 0 Å². The zero-order chi connectivity index (χ0) is 25.6. The van der Waals surface area contributed by atoms with Gasteiger partial charge in [-0.15, -0.1) is 0 Å². The molecule has 3 heterocycles. The number of rotatable bonds is 4. The number of benzene rings is 2. The maximum Gasteiger partial charge on any atom is 0.329 e. The Morgan fingerprint density at radius 2 is 1.69 bits per heavy atom. The van der Waals surface area contributed by atoms with Gasteiger partial charge < -0.3 is 20.1 Å². The van der Waals surface area contributed by atoms with E-state index in [1.165, 1.54) is 11.1 Å². The predicted molar refractivity (Wildman–Crippen MR) is 132 cm³/mol. The number of urea groups is 1. The molecule has 0 saturated carbocycles. The lowest BCUT2D eigenvalue weighted by Gasteiger charge is -2.39. The quantitative estimate of drug-likeness (QED) is 0.332. The van der Waals surface area contributed by atoms with Gasteiger partial charge in [-0.3, -0.25) is 19.2 Å². The molecule has 0 aliphatic carbocycles. The molecule has 3 aromatic rings. The van der Waals surface area contributed by atoms with E-state index in [9.17, 15) is 24.0 Å². The zero-order valence-electron chi connectivity index (χ0n) is 19.9. The van der Waals surface area contributed by atoms with Crippen LogP contribution in [-0.2, 0) is 9.59 Å². The first-order valence-corrected chi connectivity index (χ1v) is 11.7. The number of aromatic nitrogens is 1. The molecule has 0 bridgehead atoms. The fourth-order valence-corrected chi connectivity index (χ4v) is 4.80. The third-order valence-electron chi connectivity index (χ3n) is 6.70. The molecule has 1 aromatic heterocycles. The second-order valence-corrected chi connectivity index (χ2v) is 9.04. The van der Waals surface area contributed by atoms with Crippen molar-refractivity contribution in [3.05, 3.63) is 65.9 Å². The summed E-state index contributed by atoms with van der Waals surface area (Å²) in [5.41, 5.74) is 1.46. The minimum atomic E-state index is -0.696. The van der Waals surface area contributed by atoms with Crippen LogP contribution < -0.4 is 10.2 Å². The lowest BCUT2D eigenvalue weighted by Crippen LogP contribution is -2.56. The van der Waals surface area contributed by atoms with Crippen LogP contribution in [0.25, 0.3) is 10.9 Å². The highest BCUT2D eigenvalue weighted by molar-refractivity contribution is 6.45. The number of piperazine rings is 1. The van der Waals surface area contributed by atoms with Gasteiger partial charge in [-0.1, -0.05) is 30.3 Å². The summed E-state index contributed by atoms with van der Waals surface area (Å²) in [5, 5.41) is 3.01. The summed E-state index contributed by atoms with van der Waals surface area (Å²) in [5.74, 6) is -1.87. The van der Waals surface area contributed by atoms with Gasteiger partial charge >= 0.3 is 6.03 Å². The van der Waals surface area contributed by atoms with Crippen LogP contribution in [0.2, 0.25) is 0 Å². The van der Waals surface area contributed by atoms with Crippen molar-refractivity contribution in [3.8, 4) is 0 Å². The molecule has 2 N–H and O–H groups in total. The minimum Gasteiger partial charge on any atom is -0.359 e. The zero-order valence-corrected chi connectivity index (χ0v) is 19.9. The maximum atomic E-state index is 13.3. The van der Waals surface area contributed by atoms with Gasteiger partial charge in [0.2, 0.25) is 0 Å². The number of imide groups is 1. The molecule has 1 unspecified atom stereocenters. The van der Waals surface area contributed by atoms with Crippen molar-refractivity contribution >= 4 is 46.1 Å². The highest BCUT2D eigenvalue weighted by Crippen LogP contribution is 2.31. The van der Waals surface area contributed by atoms with Gasteiger partial charge in [0.25, 0.3) is 23.5 Å². The minimum absolute atomic E-state index is 0.111. The fraction of sp³-hybridized carbons (Fsp3) is 0.269. The molecule has 2 aliphatic heterocycles. The molecule has 10 heteroatoms. The van der Waals surface area contributed by atoms with E-state index < -0.39 is 29.7 Å². The molecule has 2 saturated heterocycles. The number of carbonyl (C=O) groups is 5. The third-order valence-corrected chi connectivity index (χ3v) is 6.70. The average molecular weight is 488 g/mol. The number of amides is 5. The summed E-state index contributed by atoms with van der Waals surface area (Å²) in [6.07, 6.45) is 1.43. The number of nitrogens with one attached hydrogen (secondary N) is 2. The SMILES string of the molecule is CC1NC(=O)N(c2cccc3c(C(=O)C(=O)N4CCN(C(=O)c5ccccc5)C[C@H]4C)c[nH]c23)C1=O. The van der Waals surface area contributed by atoms with Crippen LogP contribution in [0.15, 0.2) is 54.7 Å². The largest absolute Gasteiger partial charge is 0.359 e. The molecule has 2 atom stereocenters. The summed E-state index contributed by atoms with van der Waals surface area (Å²) < 4.78 is 0. The average Bonchev–Trinajstić information content (AvgIpc) is 3.43. The summed E-state index contributed by atoms with van der Waals surface area (Å²) in [7, 11) is 0. The molecule has 5 rings (SSSR count). The van der Waals surface area contributed by atoms with Crippen LogP contribution in [0.1, 0.15) is 34.6 Å². The molecule has 2 fully saturated rings. The monoisotopic (exact) mass is 487 g/mol. The maximum absolute atomic E-state index is 13.3. The topological polar surface area (TPSA) is 123 Å². The van der Waals surface area contributed by atoms with Gasteiger partial charge in [0.05, 0.1) is 16.8 Å². The van der Waals surface area contributed by atoms with Crippen molar-refractivity contribution in [2.24, 2.45) is 0 Å². The van der Waals surface area contributed by atoms with Gasteiger partial charge in [-0.05, 0) is 32.0 Å². The first-order chi connectivity index (χ1) is 17.3. The van der Waals surface area contributed by atoms with Crippen molar-refractivity contribution in [1.82, 2.24) is 20.1 Å². The Bertz CT molecular complexity index is 1400. The standard InChI is InChI=1S/C26H25N5O5/c1-15-14-29(24(34)17-7-4-3-5-8-17)11-12-30(15)25(35)22(32)19-13-27-21-18(19)9-6-10-20(21)31-23(33)16(2)28-26(31)36/h3-10,13,15-16,27H,11-12,14H2,1-2H3,(H,28,36)/t15-,16?/m1/s1. The number of nitrogens with zero attached hydrogens (tertiary/aromatic N) is 3. The number of aromatic amines is 1. The van der Waals surface area contributed by atoms with Crippen LogP contribution in [0.3, 0.4) is 0 Å². The van der Waals surface area contributed by atoms with E-state index in [0.717, 1.165) is 4.90 Å². The molecule has 184 valence electrons. The normalized spacial score (nSPS) is 20.1. The molecule has 2 aliphatic rings. The van der Waals surface area contributed by atoms with Crippen molar-refractivity contribution in [1.29, 1.82) is 0 Å². The Balaban J connectivity index is 1.35. The van der Waals surface area contributed by atoms with Crippen LogP contribution in [-0.4, -0.2) is 76.0 Å². The van der Waals surface area contributed by atoms with Crippen molar-refractivity contribution < 1.29 is 24.0 Å². The van der Waals surface area contributed by atoms with E-state index in [2.05, 4.69) is 10.3 Å². The number of para-hydroxylation sites is 1. The summed E-state index contributed by atoms with van der Waals surface area (Å²) in [4.78, 5) is 71.2. The number of hydrogen-bond acceptors (Lipinski definition) is 5. The second kappa shape index (κ2) is 8.95. The van der Waals surface area contributed by atoms with Crippen molar-refractivity contribution in [2.75, 3.05) is 24.5 Å². The van der Waals surface area contributed by atoms with E-state index >= 15 is 0 Å². The molecule has 2 aromatic carbocycles. The molecule has 5 amide bonds. The Hall–Kier alpha value is -4.47. The Labute approximate surface area is 206 Å². The van der Waals surface area contributed by atoms with E-state index in [1.54, 1.807) is 54.3 Å². The van der Waals surface area contributed by atoms with Crippen LogP contribution in [0.5, 0.6) is 0 Å². The van der Waals surface area contributed by atoms with E-state index in [-0.39, 0.29) is 24.1 Å². The number of Topliss-reactive ketones (excluding diaryl/α,β-unsaturated/α-hetero) is 1. The number of fused-ring (bicyclic) bond motifs is 1. The number of H-pyrrole nitrogens is 1. The summed E-state index contributed by atoms with van der Waals surface area (Å²) >= 11 is 0. The number of ketones is 1. The lowest BCUT2D eigenvalue weighted by atomic mass is 10.1. The van der Waals surface area contributed by atoms with Gasteiger partial charge in [0.15, 0.2) is 0 Å². The molecular formula is C26H25N5O5. The molecule has 0 radical (unpaired) electrons. The molecule has 10 nitrogen and oxygen atoms in total. The Morgan fingerprint density at radius 3 is 2.36 bits per heavy atom. The van der Waals surface area contributed by atoms with E-state index in [1.807, 2.05) is 13.0 Å². The molecule has 36 heavy (non-hydrogen) atoms. The van der Waals surface area contributed by atoms with Crippen LogP contribution in [0.4, 0.5) is 10.5 Å². The Morgan fingerprint density at radius 1 is 0.944 bits per heavy atom. The lowest BCUT2D eigenvalue weighted by molar-refractivity contribution is -0.130. The van der Waals surface area contributed by atoms with E-state index in [0.29, 0.717) is 35.2 Å². The highest BCUT2D eigenvalue weighted by atomic mass is 16.2. The first-order valence-electron chi connectivity index (χ1n) is 11.7. The predicted octanol–water partition coefficient (Wildman–Crippen LogP) is 2.17. The van der Waals surface area contributed by atoms with Gasteiger partial charge in [0.1, 0.15) is 6.04 Å². The third kappa shape index (κ3) is 3.80. The van der Waals surface area contributed by atoms with Crippen molar-refractivity contribution in [3.63, 3.8) is 0 Å². The second-order valence-electron chi connectivity index (χ2n) is 9.04. The van der Waals surface area contributed by atoms with Gasteiger partial charge in [-0.25, -0.2) is 9.69 Å².